The van der Waals surface area contributed by atoms with Crippen molar-refractivity contribution in [3.63, 3.8) is 0 Å². The summed E-state index contributed by atoms with van der Waals surface area (Å²) in [6.07, 6.45) is 0.0995. The van der Waals surface area contributed by atoms with Gasteiger partial charge in [0.05, 0.1) is 4.92 Å². The Kier molecular flexibility index (Phi) is 3.91. The van der Waals surface area contributed by atoms with Crippen LogP contribution in [0.1, 0.15) is 19.4 Å². The second-order valence-corrected chi connectivity index (χ2v) is 9.12. The second kappa shape index (κ2) is 5.45. The quantitative estimate of drug-likeness (QED) is 0.351. The predicted octanol–water partition coefficient (Wildman–Crippen LogP) is 2.42. The van der Waals surface area contributed by atoms with E-state index in [0.717, 1.165) is 0 Å². The first-order chi connectivity index (χ1) is 11.1. The number of carbonyl (C=O) groups excluding carboxylic acids is 1. The van der Waals surface area contributed by atoms with Gasteiger partial charge < -0.3 is 10.0 Å². The molecule has 2 heterocycles. The van der Waals surface area contributed by atoms with Gasteiger partial charge in [0.1, 0.15) is 10.2 Å². The van der Waals surface area contributed by atoms with Crippen LogP contribution in [0, 0.1) is 10.1 Å². The van der Waals surface area contributed by atoms with Crippen molar-refractivity contribution in [3.8, 4) is 0 Å². The number of β-lactam (4-membered cyclic amide) rings is 1. The maximum Gasteiger partial charge on any atom is 0.331 e. The highest BCUT2D eigenvalue weighted by Crippen LogP contribution is 2.59. The van der Waals surface area contributed by atoms with Crippen molar-refractivity contribution in [3.05, 3.63) is 39.9 Å². The number of carboxylic acids is 1. The Bertz CT molecular complexity index is 738. The van der Waals surface area contributed by atoms with Gasteiger partial charge in [-0.3, -0.25) is 14.9 Å². The fourth-order valence-corrected chi connectivity index (χ4v) is 5.86. The number of amides is 1. The van der Waals surface area contributed by atoms with Crippen LogP contribution in [0.5, 0.6) is 0 Å². The van der Waals surface area contributed by atoms with Gasteiger partial charge in [-0.2, -0.15) is 0 Å². The summed E-state index contributed by atoms with van der Waals surface area (Å²) in [7, 11) is 0. The van der Waals surface area contributed by atoms with E-state index in [9.17, 15) is 24.8 Å². The number of alkyl halides is 1. The van der Waals surface area contributed by atoms with Crippen molar-refractivity contribution in [2.45, 2.75) is 40.8 Å². The van der Waals surface area contributed by atoms with E-state index in [0.29, 0.717) is 5.56 Å². The summed E-state index contributed by atoms with van der Waals surface area (Å²) >= 11 is 4.78. The first-order valence-corrected chi connectivity index (χ1v) is 9.03. The lowest BCUT2D eigenvalue weighted by Gasteiger charge is -2.48. The molecule has 1 aromatic carbocycles. The Morgan fingerprint density at radius 3 is 2.50 bits per heavy atom. The SMILES string of the molecule is CC1(C)S[C@@H]2[C@H](Br)C(=O)N2[C@@]1(Cc1ccc([N+](=O)[O-])cc1)C(=O)O. The minimum Gasteiger partial charge on any atom is -0.479 e. The molecular formula is C15H15BrN2O5S. The first kappa shape index (κ1) is 17.2. The molecule has 2 saturated heterocycles. The maximum atomic E-state index is 12.3. The first-order valence-electron chi connectivity index (χ1n) is 7.23. The van der Waals surface area contributed by atoms with Gasteiger partial charge in [0.25, 0.3) is 5.69 Å². The van der Waals surface area contributed by atoms with Gasteiger partial charge in [0.2, 0.25) is 5.91 Å². The number of fused-ring (bicyclic) bond motifs is 1. The normalized spacial score (nSPS) is 30.6. The van der Waals surface area contributed by atoms with E-state index in [-0.39, 0.29) is 28.2 Å². The molecule has 3 atom stereocenters. The third-order valence-corrected chi connectivity index (χ3v) is 7.66. The number of hydrogen-bond acceptors (Lipinski definition) is 5. The van der Waals surface area contributed by atoms with Gasteiger partial charge in [-0.25, -0.2) is 4.79 Å². The molecule has 2 aliphatic rings. The topological polar surface area (TPSA) is 101 Å². The zero-order valence-corrected chi connectivity index (χ0v) is 15.3. The number of halogens is 1. The van der Waals surface area contributed by atoms with Crippen LogP contribution in [-0.2, 0) is 16.0 Å². The molecule has 24 heavy (non-hydrogen) atoms. The number of carbonyl (C=O) groups is 2. The third kappa shape index (κ3) is 2.17. The van der Waals surface area contributed by atoms with Gasteiger partial charge >= 0.3 is 5.97 Å². The zero-order valence-electron chi connectivity index (χ0n) is 12.9. The van der Waals surface area contributed by atoms with E-state index in [1.54, 1.807) is 12.1 Å². The molecule has 1 amide bonds. The van der Waals surface area contributed by atoms with E-state index in [1.807, 2.05) is 13.8 Å². The van der Waals surface area contributed by atoms with Crippen molar-refractivity contribution < 1.29 is 19.6 Å². The minimum atomic E-state index is -1.39. The Hall–Kier alpha value is -1.61. The largest absolute Gasteiger partial charge is 0.479 e. The number of aliphatic carboxylic acids is 1. The van der Waals surface area contributed by atoms with Gasteiger partial charge in [0.15, 0.2) is 5.54 Å². The number of nitro benzene ring substituents is 1. The number of thioether (sulfide) groups is 1. The number of nitro groups is 1. The minimum absolute atomic E-state index is 0.0541. The molecule has 0 bridgehead atoms. The molecule has 2 aliphatic heterocycles. The molecule has 1 N–H and O–H groups in total. The van der Waals surface area contributed by atoms with Crippen molar-refractivity contribution in [1.82, 2.24) is 4.90 Å². The van der Waals surface area contributed by atoms with Crippen molar-refractivity contribution in [2.75, 3.05) is 0 Å². The molecule has 0 radical (unpaired) electrons. The summed E-state index contributed by atoms with van der Waals surface area (Å²) in [4.78, 5) is 35.9. The van der Waals surface area contributed by atoms with Crippen LogP contribution < -0.4 is 0 Å². The summed E-state index contributed by atoms with van der Waals surface area (Å²) < 4.78 is -0.705. The van der Waals surface area contributed by atoms with Gasteiger partial charge in [0, 0.05) is 23.3 Å². The zero-order chi connectivity index (χ0) is 17.9. The summed E-state index contributed by atoms with van der Waals surface area (Å²) in [5, 5.41) is 20.5. The molecule has 2 fully saturated rings. The molecule has 0 spiro atoms. The summed E-state index contributed by atoms with van der Waals surface area (Å²) in [6.45, 7) is 3.64. The van der Waals surface area contributed by atoms with Crippen LogP contribution in [-0.4, -0.2) is 47.3 Å². The van der Waals surface area contributed by atoms with Crippen LogP contribution in [0.3, 0.4) is 0 Å². The van der Waals surface area contributed by atoms with E-state index in [2.05, 4.69) is 15.9 Å². The van der Waals surface area contributed by atoms with Gasteiger partial charge in [-0.15, -0.1) is 11.8 Å². The second-order valence-electron chi connectivity index (χ2n) is 6.39. The molecule has 0 unspecified atom stereocenters. The standard InChI is InChI=1S/C15H15BrN2O5S/c1-14(2)15(13(20)21,17-11(19)10(16)12(17)24-14)7-8-3-5-9(6-4-8)18(22)23/h3-6,10,12H,7H2,1-2H3,(H,20,21)/t10-,12-,15+/m1/s1. The maximum absolute atomic E-state index is 12.3. The lowest BCUT2D eigenvalue weighted by atomic mass is 9.77. The molecule has 7 nitrogen and oxygen atoms in total. The number of hydrogen-bond donors (Lipinski definition) is 1. The van der Waals surface area contributed by atoms with E-state index < -0.39 is 21.2 Å². The molecule has 1 aromatic rings. The molecule has 128 valence electrons. The summed E-state index contributed by atoms with van der Waals surface area (Å²) in [5.74, 6) is -1.30. The van der Waals surface area contributed by atoms with Gasteiger partial charge in [-0.1, -0.05) is 28.1 Å². The van der Waals surface area contributed by atoms with Gasteiger partial charge in [-0.05, 0) is 19.4 Å². The van der Waals surface area contributed by atoms with Crippen molar-refractivity contribution in [1.29, 1.82) is 0 Å². The molecular weight excluding hydrogens is 400 g/mol. The van der Waals surface area contributed by atoms with Crippen LogP contribution in [0.4, 0.5) is 5.69 Å². The molecule has 0 aromatic heterocycles. The number of carboxylic acid groups (broad SMARTS) is 1. The van der Waals surface area contributed by atoms with Crippen LogP contribution >= 0.6 is 27.7 Å². The third-order valence-electron chi connectivity index (χ3n) is 4.76. The molecule has 0 saturated carbocycles. The lowest BCUT2D eigenvalue weighted by molar-refractivity contribution is -0.384. The highest BCUT2D eigenvalue weighted by Gasteiger charge is 2.71. The molecule has 0 aliphatic carbocycles. The smallest absolute Gasteiger partial charge is 0.331 e. The number of benzene rings is 1. The van der Waals surface area contributed by atoms with E-state index >= 15 is 0 Å². The van der Waals surface area contributed by atoms with Crippen LogP contribution in [0.2, 0.25) is 0 Å². The number of non-ortho nitro benzene ring substituents is 1. The van der Waals surface area contributed by atoms with Crippen LogP contribution in [0.15, 0.2) is 24.3 Å². The van der Waals surface area contributed by atoms with Crippen molar-refractivity contribution in [2.24, 2.45) is 0 Å². The highest BCUT2D eigenvalue weighted by molar-refractivity contribution is 9.10. The average molecular weight is 415 g/mol. The lowest BCUT2D eigenvalue weighted by Crippen LogP contribution is -2.71. The Labute approximate surface area is 150 Å². The molecule has 9 heteroatoms. The Morgan fingerprint density at radius 2 is 2.00 bits per heavy atom. The Balaban J connectivity index is 2.01. The highest BCUT2D eigenvalue weighted by atomic mass is 79.9. The Morgan fingerprint density at radius 1 is 1.42 bits per heavy atom. The van der Waals surface area contributed by atoms with E-state index in [1.165, 1.54) is 28.8 Å². The fraction of sp³-hybridized carbons (Fsp3) is 0.467. The summed E-state index contributed by atoms with van der Waals surface area (Å²) in [6, 6.07) is 5.80. The summed E-state index contributed by atoms with van der Waals surface area (Å²) in [5.41, 5.74) is -0.801. The average Bonchev–Trinajstić information content (AvgIpc) is 2.73. The monoisotopic (exact) mass is 414 g/mol. The number of nitrogens with zero attached hydrogens (tertiary/aromatic N) is 2. The van der Waals surface area contributed by atoms with Crippen molar-refractivity contribution >= 4 is 45.3 Å². The predicted molar refractivity (Wildman–Crippen MR) is 92.2 cm³/mol. The van der Waals surface area contributed by atoms with Crippen LogP contribution in [0.25, 0.3) is 0 Å². The van der Waals surface area contributed by atoms with E-state index in [4.69, 9.17) is 0 Å². The fourth-order valence-electron chi connectivity index (χ4n) is 3.40. The molecule has 3 rings (SSSR count). The number of rotatable bonds is 4.